The fourth-order valence-corrected chi connectivity index (χ4v) is 7.03. The van der Waals surface area contributed by atoms with Crippen LogP contribution in [0.3, 0.4) is 0 Å². The summed E-state index contributed by atoms with van der Waals surface area (Å²) in [4.78, 5) is 0. The molecule has 8 aromatic carbocycles. The number of hydrogen-bond donors (Lipinski definition) is 0. The first kappa shape index (κ1) is 47.0. The summed E-state index contributed by atoms with van der Waals surface area (Å²) in [7, 11) is 0. The van der Waals surface area contributed by atoms with E-state index in [2.05, 4.69) is 177 Å². The fourth-order valence-electron chi connectivity index (χ4n) is 7.03. The van der Waals surface area contributed by atoms with Crippen LogP contribution >= 0.6 is 0 Å². The largest absolute Gasteiger partial charge is 2.00 e. The molecular weight excluding hydrogens is 797 g/mol. The summed E-state index contributed by atoms with van der Waals surface area (Å²) in [6, 6.07) is 44.2. The van der Waals surface area contributed by atoms with Gasteiger partial charge in [0.15, 0.2) is 0 Å². The van der Waals surface area contributed by atoms with Crippen LogP contribution in [-0.2, 0) is 78.1 Å². The first-order valence-electron chi connectivity index (χ1n) is 17.8. The minimum absolute atomic E-state index is 0. The van der Waals surface area contributed by atoms with Crippen molar-refractivity contribution in [2.75, 3.05) is 0 Å². The topological polar surface area (TPSA) is 0 Å². The van der Waals surface area contributed by atoms with Gasteiger partial charge in [-0.1, -0.05) is 102 Å². The molecule has 0 fully saturated rings. The Labute approximate surface area is 349 Å². The summed E-state index contributed by atoms with van der Waals surface area (Å²) in [5, 5.41) is 11.2. The molecule has 0 aliphatic heterocycles. The van der Waals surface area contributed by atoms with Gasteiger partial charge in [-0.2, -0.15) is 24.3 Å². The van der Waals surface area contributed by atoms with Gasteiger partial charge in [-0.05, 0) is 25.7 Å². The molecular formula is C48H52F2Zr2-2. The molecule has 0 radical (unpaired) electrons. The van der Waals surface area contributed by atoms with Gasteiger partial charge in [0.25, 0.3) is 0 Å². The molecule has 0 saturated heterocycles. The van der Waals surface area contributed by atoms with E-state index in [-0.39, 0.29) is 61.8 Å². The molecule has 0 aliphatic rings. The van der Waals surface area contributed by atoms with Crippen LogP contribution in [0.25, 0.3) is 43.1 Å². The molecule has 4 heteroatoms. The predicted octanol–water partition coefficient (Wildman–Crippen LogP) is 7.72. The van der Waals surface area contributed by atoms with Gasteiger partial charge in [0.05, 0.1) is 0 Å². The molecule has 0 nitrogen and oxygen atoms in total. The van der Waals surface area contributed by atoms with Crippen molar-refractivity contribution in [3.63, 3.8) is 0 Å². The van der Waals surface area contributed by atoms with Crippen LogP contribution in [-0.4, -0.2) is 0 Å². The molecule has 0 unspecified atom stereocenters. The zero-order valence-corrected chi connectivity index (χ0v) is 37.0. The van der Waals surface area contributed by atoms with Crippen molar-refractivity contribution in [2.24, 2.45) is 0 Å². The van der Waals surface area contributed by atoms with E-state index in [0.29, 0.717) is 0 Å². The van der Waals surface area contributed by atoms with Gasteiger partial charge in [-0.3, -0.25) is 0 Å². The maximum absolute atomic E-state index is 2.27. The van der Waals surface area contributed by atoms with Gasteiger partial charge < -0.3 is 9.41 Å². The van der Waals surface area contributed by atoms with E-state index >= 15 is 0 Å². The number of hydrogen-bond acceptors (Lipinski definition) is 0. The van der Waals surface area contributed by atoms with Crippen LogP contribution in [0.15, 0.2) is 121 Å². The number of benzene rings is 4. The Morgan fingerprint density at radius 2 is 0.538 bits per heavy atom. The van der Waals surface area contributed by atoms with Crippen molar-refractivity contribution >= 4 is 43.1 Å². The summed E-state index contributed by atoms with van der Waals surface area (Å²) < 4.78 is 0. The van der Waals surface area contributed by atoms with E-state index in [9.17, 15) is 0 Å². The average molecular weight is 849 g/mol. The molecule has 0 aromatic heterocycles. The Morgan fingerprint density at radius 1 is 0.346 bits per heavy atom. The van der Waals surface area contributed by atoms with Crippen molar-refractivity contribution in [1.82, 2.24) is 0 Å². The Kier molecular flexibility index (Phi) is 20.1. The molecule has 0 bridgehead atoms. The van der Waals surface area contributed by atoms with Crippen LogP contribution in [0, 0.1) is 27.7 Å². The van der Waals surface area contributed by atoms with Gasteiger partial charge in [0.1, 0.15) is 0 Å². The van der Waals surface area contributed by atoms with Crippen molar-refractivity contribution in [3.8, 4) is 0 Å². The molecule has 0 aliphatic carbocycles. The van der Waals surface area contributed by atoms with Gasteiger partial charge in [0, 0.05) is 0 Å². The van der Waals surface area contributed by atoms with E-state index in [0.717, 1.165) is 25.7 Å². The second kappa shape index (κ2) is 22.2. The van der Waals surface area contributed by atoms with Crippen molar-refractivity contribution in [1.29, 1.82) is 0 Å². The Bertz CT molecular complexity index is 1920. The SMILES string of the molecule is CCc1cccc2[cH-]c(C)cc12.CCc1cccc2[cH-]c(C)cc12.CCc1cccc2[cH-]c(C)cc12.CCc1cccc2[cH-]c(C)cc12.[F-].[F-].[Zr+2].[Zr+2]. The number of halogens is 2. The molecule has 8 aromatic rings. The van der Waals surface area contributed by atoms with Crippen LogP contribution in [0.5, 0.6) is 0 Å². The second-order valence-corrected chi connectivity index (χ2v) is 13.2. The van der Waals surface area contributed by atoms with Crippen LogP contribution in [0.1, 0.15) is 72.2 Å². The first-order valence-corrected chi connectivity index (χ1v) is 17.8. The standard InChI is InChI=1S/4C12H13.2FH.2Zr/c4*1-3-10-5-4-6-11-7-9(2)8-12(10)11;;;;/h4*4-8H,3H2,1-2H3;2*1H;;/q4*-1;;;2*+2/p-2. The van der Waals surface area contributed by atoms with Gasteiger partial charge >= 0.3 is 52.4 Å². The Morgan fingerprint density at radius 3 is 0.712 bits per heavy atom. The number of fused-ring (bicyclic) bond motifs is 4. The van der Waals surface area contributed by atoms with E-state index in [1.165, 1.54) is 87.6 Å². The van der Waals surface area contributed by atoms with Gasteiger partial charge in [-0.15, -0.1) is 138 Å². The van der Waals surface area contributed by atoms with Gasteiger partial charge in [-0.25, -0.2) is 0 Å². The smallest absolute Gasteiger partial charge is 1.00 e. The van der Waals surface area contributed by atoms with Gasteiger partial charge in [0.2, 0.25) is 0 Å². The average Bonchev–Trinajstić information content (AvgIpc) is 3.87. The summed E-state index contributed by atoms with van der Waals surface area (Å²) in [6.45, 7) is 17.4. The molecule has 0 N–H and O–H groups in total. The van der Waals surface area contributed by atoms with Crippen LogP contribution in [0.2, 0.25) is 0 Å². The molecule has 0 saturated carbocycles. The number of rotatable bonds is 4. The van der Waals surface area contributed by atoms with E-state index < -0.39 is 0 Å². The monoisotopic (exact) mass is 846 g/mol. The Balaban J connectivity index is 0.000000338. The summed E-state index contributed by atoms with van der Waals surface area (Å²) >= 11 is 0. The third kappa shape index (κ3) is 11.5. The predicted molar refractivity (Wildman–Crippen MR) is 215 cm³/mol. The molecule has 8 rings (SSSR count). The fraction of sp³-hybridized carbons (Fsp3) is 0.250. The van der Waals surface area contributed by atoms with Crippen molar-refractivity contribution < 1.29 is 61.8 Å². The first-order chi connectivity index (χ1) is 23.2. The second-order valence-electron chi connectivity index (χ2n) is 13.2. The van der Waals surface area contributed by atoms with E-state index in [1.54, 1.807) is 0 Å². The summed E-state index contributed by atoms with van der Waals surface area (Å²) in [6.07, 6.45) is 4.50. The summed E-state index contributed by atoms with van der Waals surface area (Å²) in [5.74, 6) is 0. The Hall–Kier alpha value is -3.05. The number of aryl methyl sites for hydroxylation is 8. The molecule has 0 amide bonds. The molecule has 0 heterocycles. The zero-order valence-electron chi connectivity index (χ0n) is 32.1. The summed E-state index contributed by atoms with van der Waals surface area (Å²) in [5.41, 5.74) is 11.3. The van der Waals surface area contributed by atoms with E-state index in [4.69, 9.17) is 0 Å². The maximum Gasteiger partial charge on any atom is 2.00 e. The third-order valence-electron chi connectivity index (χ3n) is 9.46. The minimum atomic E-state index is 0. The molecule has 0 atom stereocenters. The van der Waals surface area contributed by atoms with Crippen molar-refractivity contribution in [2.45, 2.75) is 81.1 Å². The van der Waals surface area contributed by atoms with Crippen LogP contribution in [0.4, 0.5) is 0 Å². The van der Waals surface area contributed by atoms with E-state index in [1.807, 2.05) is 0 Å². The normalized spacial score (nSPS) is 10.0. The molecule has 0 spiro atoms. The minimum Gasteiger partial charge on any atom is -1.00 e. The zero-order chi connectivity index (χ0) is 34.2. The third-order valence-corrected chi connectivity index (χ3v) is 9.46. The van der Waals surface area contributed by atoms with Crippen LogP contribution < -0.4 is 9.41 Å². The molecule has 52 heavy (non-hydrogen) atoms. The molecule has 268 valence electrons. The van der Waals surface area contributed by atoms with Crippen molar-refractivity contribution in [3.05, 3.63) is 166 Å². The quantitative estimate of drug-likeness (QED) is 0.159. The maximum atomic E-state index is 2.27.